The molecule has 0 amide bonds. The van der Waals surface area contributed by atoms with E-state index >= 15 is 0 Å². The zero-order chi connectivity index (χ0) is 14.2. The molecule has 0 radical (unpaired) electrons. The highest BCUT2D eigenvalue weighted by molar-refractivity contribution is 7.90. The van der Waals surface area contributed by atoms with Crippen molar-refractivity contribution < 1.29 is 13.5 Å². The number of nitrogens with zero attached hydrogens (tertiary/aromatic N) is 1. The molecule has 1 atom stereocenters. The van der Waals surface area contributed by atoms with Crippen molar-refractivity contribution in [2.45, 2.75) is 31.7 Å². The lowest BCUT2D eigenvalue weighted by molar-refractivity contribution is 0.169. The predicted octanol–water partition coefficient (Wildman–Crippen LogP) is 0.104. The molecule has 110 valence electrons. The van der Waals surface area contributed by atoms with Crippen LogP contribution in [0.3, 0.4) is 0 Å². The van der Waals surface area contributed by atoms with Crippen LogP contribution in [0.25, 0.3) is 0 Å². The summed E-state index contributed by atoms with van der Waals surface area (Å²) in [6, 6.07) is 0. The lowest BCUT2D eigenvalue weighted by Crippen LogP contribution is -2.43. The van der Waals surface area contributed by atoms with Crippen LogP contribution in [-0.2, 0) is 9.84 Å². The molecule has 0 spiro atoms. The number of aliphatic hydroxyl groups excluding tert-OH is 1. The van der Waals surface area contributed by atoms with Crippen LogP contribution in [0.4, 0.5) is 0 Å². The third-order valence-electron chi connectivity index (χ3n) is 3.31. The molecule has 0 aromatic heterocycles. The summed E-state index contributed by atoms with van der Waals surface area (Å²) in [4.78, 5) is 2.04. The highest BCUT2D eigenvalue weighted by atomic mass is 32.2. The molecule has 0 aliphatic heterocycles. The molecule has 0 aliphatic rings. The van der Waals surface area contributed by atoms with E-state index in [9.17, 15) is 13.5 Å². The largest absolute Gasteiger partial charge is 0.394 e. The van der Waals surface area contributed by atoms with Crippen LogP contribution in [0.5, 0.6) is 0 Å². The quantitative estimate of drug-likeness (QED) is 0.556. The normalized spacial score (nSPS) is 15.9. The van der Waals surface area contributed by atoms with Crippen molar-refractivity contribution in [2.75, 3.05) is 45.8 Å². The molecule has 0 fully saturated rings. The van der Waals surface area contributed by atoms with Gasteiger partial charge in [0, 0.05) is 18.3 Å². The van der Waals surface area contributed by atoms with Crippen molar-refractivity contribution in [1.29, 1.82) is 0 Å². The van der Waals surface area contributed by atoms with Crippen LogP contribution in [0.2, 0.25) is 0 Å². The molecule has 0 heterocycles. The Hall–Kier alpha value is -0.170. The third kappa shape index (κ3) is 8.85. The Labute approximate surface area is 111 Å². The molecule has 6 heteroatoms. The Balaban J connectivity index is 3.72. The lowest BCUT2D eigenvalue weighted by atomic mass is 9.96. The summed E-state index contributed by atoms with van der Waals surface area (Å²) >= 11 is 0. The van der Waals surface area contributed by atoms with Crippen LogP contribution < -0.4 is 5.32 Å². The van der Waals surface area contributed by atoms with Crippen LogP contribution in [0.1, 0.15) is 26.2 Å². The summed E-state index contributed by atoms with van der Waals surface area (Å²) in [6.45, 7) is 3.61. The number of likely N-dealkylation sites (N-methyl/N-ethyl adjacent to an activating group) is 1. The SMILES string of the molecule is CNC(C)(CO)CCCCN(C)CCS(C)(=O)=O. The Bertz CT molecular complexity index is 313. The third-order valence-corrected chi connectivity index (χ3v) is 4.24. The average molecular weight is 280 g/mol. The van der Waals surface area contributed by atoms with Crippen molar-refractivity contribution in [1.82, 2.24) is 10.2 Å². The van der Waals surface area contributed by atoms with E-state index in [1.54, 1.807) is 0 Å². The van der Waals surface area contributed by atoms with Crippen molar-refractivity contribution in [2.24, 2.45) is 0 Å². The van der Waals surface area contributed by atoms with E-state index in [2.05, 4.69) is 5.32 Å². The maximum absolute atomic E-state index is 11.0. The molecule has 0 saturated heterocycles. The summed E-state index contributed by atoms with van der Waals surface area (Å²) in [5.74, 6) is 0.217. The number of unbranched alkanes of at least 4 members (excludes halogenated alkanes) is 1. The maximum Gasteiger partial charge on any atom is 0.148 e. The number of hydrogen-bond acceptors (Lipinski definition) is 5. The van der Waals surface area contributed by atoms with Gasteiger partial charge in [0.25, 0.3) is 0 Å². The van der Waals surface area contributed by atoms with E-state index in [1.807, 2.05) is 25.9 Å². The minimum Gasteiger partial charge on any atom is -0.394 e. The number of nitrogens with one attached hydrogen (secondary N) is 1. The topological polar surface area (TPSA) is 69.6 Å². The Morgan fingerprint density at radius 2 is 1.89 bits per heavy atom. The first-order chi connectivity index (χ1) is 8.22. The number of hydrogen-bond donors (Lipinski definition) is 2. The van der Waals surface area contributed by atoms with E-state index in [1.165, 1.54) is 6.26 Å². The van der Waals surface area contributed by atoms with Gasteiger partial charge in [-0.05, 0) is 40.4 Å². The van der Waals surface area contributed by atoms with Crippen molar-refractivity contribution in [3.8, 4) is 0 Å². The monoisotopic (exact) mass is 280 g/mol. The number of sulfone groups is 1. The van der Waals surface area contributed by atoms with Gasteiger partial charge in [-0.25, -0.2) is 8.42 Å². The van der Waals surface area contributed by atoms with E-state index in [4.69, 9.17) is 0 Å². The summed E-state index contributed by atoms with van der Waals surface area (Å²) in [7, 11) is 0.929. The summed E-state index contributed by atoms with van der Waals surface area (Å²) in [6.07, 6.45) is 4.21. The van der Waals surface area contributed by atoms with E-state index < -0.39 is 9.84 Å². The molecule has 0 aromatic carbocycles. The fraction of sp³-hybridized carbons (Fsp3) is 1.00. The zero-order valence-corrected chi connectivity index (χ0v) is 12.9. The second-order valence-electron chi connectivity index (χ2n) is 5.36. The molecule has 0 rings (SSSR count). The van der Waals surface area contributed by atoms with Gasteiger partial charge in [-0.15, -0.1) is 0 Å². The first-order valence-corrected chi connectivity index (χ1v) is 8.44. The molecule has 2 N–H and O–H groups in total. The fourth-order valence-corrected chi connectivity index (χ4v) is 2.26. The van der Waals surface area contributed by atoms with E-state index in [0.717, 1.165) is 25.8 Å². The van der Waals surface area contributed by atoms with Gasteiger partial charge in [0.05, 0.1) is 12.4 Å². The van der Waals surface area contributed by atoms with Crippen LogP contribution in [0.15, 0.2) is 0 Å². The molecule has 0 bridgehead atoms. The highest BCUT2D eigenvalue weighted by Crippen LogP contribution is 2.12. The van der Waals surface area contributed by atoms with Crippen molar-refractivity contribution in [3.63, 3.8) is 0 Å². The van der Waals surface area contributed by atoms with Gasteiger partial charge in [0.2, 0.25) is 0 Å². The van der Waals surface area contributed by atoms with Crippen LogP contribution >= 0.6 is 0 Å². The average Bonchev–Trinajstić information content (AvgIpc) is 2.31. The Morgan fingerprint density at radius 3 is 2.33 bits per heavy atom. The molecule has 1 unspecified atom stereocenters. The predicted molar refractivity (Wildman–Crippen MR) is 75.6 cm³/mol. The molecule has 0 aliphatic carbocycles. The van der Waals surface area contributed by atoms with Gasteiger partial charge < -0.3 is 15.3 Å². The standard InChI is InChI=1S/C12H28N2O3S/c1-12(11-15,13-2)7-5-6-8-14(3)9-10-18(4,16)17/h13,15H,5-11H2,1-4H3. The maximum atomic E-state index is 11.0. The minimum absolute atomic E-state index is 0.132. The van der Waals surface area contributed by atoms with Gasteiger partial charge in [0.15, 0.2) is 0 Å². The van der Waals surface area contributed by atoms with Gasteiger partial charge in [-0.3, -0.25) is 0 Å². The highest BCUT2D eigenvalue weighted by Gasteiger charge is 2.19. The molecule has 18 heavy (non-hydrogen) atoms. The first-order valence-electron chi connectivity index (χ1n) is 6.38. The molecule has 0 aromatic rings. The number of rotatable bonds is 10. The second kappa shape index (κ2) is 8.09. The van der Waals surface area contributed by atoms with E-state index in [-0.39, 0.29) is 17.9 Å². The molecule has 0 saturated carbocycles. The molecule has 5 nitrogen and oxygen atoms in total. The Morgan fingerprint density at radius 1 is 1.28 bits per heavy atom. The van der Waals surface area contributed by atoms with E-state index in [0.29, 0.717) is 6.54 Å². The summed E-state index contributed by atoms with van der Waals surface area (Å²) in [5.41, 5.74) is -0.203. The van der Waals surface area contributed by atoms with Gasteiger partial charge in [0.1, 0.15) is 9.84 Å². The van der Waals surface area contributed by atoms with Gasteiger partial charge in [-0.1, -0.05) is 6.42 Å². The fourth-order valence-electron chi connectivity index (χ4n) is 1.61. The van der Waals surface area contributed by atoms with Crippen LogP contribution in [0, 0.1) is 0 Å². The zero-order valence-electron chi connectivity index (χ0n) is 12.1. The molecular weight excluding hydrogens is 252 g/mol. The van der Waals surface area contributed by atoms with Crippen molar-refractivity contribution >= 4 is 9.84 Å². The second-order valence-corrected chi connectivity index (χ2v) is 7.62. The van der Waals surface area contributed by atoms with Crippen LogP contribution in [-0.4, -0.2) is 69.8 Å². The van der Waals surface area contributed by atoms with Crippen molar-refractivity contribution in [3.05, 3.63) is 0 Å². The summed E-state index contributed by atoms with van der Waals surface area (Å²) < 4.78 is 22.0. The number of aliphatic hydroxyl groups is 1. The smallest absolute Gasteiger partial charge is 0.148 e. The molecular formula is C12H28N2O3S. The minimum atomic E-state index is -2.87. The van der Waals surface area contributed by atoms with Gasteiger partial charge >= 0.3 is 0 Å². The lowest BCUT2D eigenvalue weighted by Gasteiger charge is -2.27. The van der Waals surface area contributed by atoms with Gasteiger partial charge in [-0.2, -0.15) is 0 Å². The Kier molecular flexibility index (Phi) is 8.02. The first kappa shape index (κ1) is 17.8. The summed E-state index contributed by atoms with van der Waals surface area (Å²) in [5, 5.41) is 12.3.